The van der Waals surface area contributed by atoms with Crippen LogP contribution in [0.4, 0.5) is 0 Å². The number of aromatic nitrogens is 3. The molecule has 11 heteroatoms. The van der Waals surface area contributed by atoms with E-state index in [9.17, 15) is 0 Å². The lowest BCUT2D eigenvalue weighted by atomic mass is 9.95. The molecule has 2 saturated heterocycles. The van der Waals surface area contributed by atoms with Crippen molar-refractivity contribution < 1.29 is 9.47 Å². The summed E-state index contributed by atoms with van der Waals surface area (Å²) in [6.07, 6.45) is 3.16. The number of rotatable bonds is 6. The third kappa shape index (κ3) is 5.59. The van der Waals surface area contributed by atoms with Gasteiger partial charge in [-0.2, -0.15) is 16.9 Å². The minimum atomic E-state index is 0. The van der Waals surface area contributed by atoms with Gasteiger partial charge in [-0.1, -0.05) is 0 Å². The monoisotopic (exact) mass is 551 g/mol. The van der Waals surface area contributed by atoms with Crippen LogP contribution in [-0.4, -0.2) is 95.7 Å². The predicted octanol–water partition coefficient (Wildman–Crippen LogP) is 0.730. The van der Waals surface area contributed by atoms with Gasteiger partial charge in [-0.25, -0.2) is 9.67 Å². The van der Waals surface area contributed by atoms with Crippen LogP contribution in [0.2, 0.25) is 0 Å². The van der Waals surface area contributed by atoms with Crippen molar-refractivity contribution in [1.82, 2.24) is 30.3 Å². The third-order valence-corrected chi connectivity index (χ3v) is 7.32. The Morgan fingerprint density at radius 3 is 2.93 bits per heavy atom. The van der Waals surface area contributed by atoms with Crippen LogP contribution in [0, 0.1) is 0 Å². The summed E-state index contributed by atoms with van der Waals surface area (Å²) < 4.78 is 12.7. The molecule has 4 rings (SSSR count). The molecule has 0 aliphatic carbocycles. The number of guanidine groups is 1. The van der Waals surface area contributed by atoms with Gasteiger partial charge in [-0.15, -0.1) is 24.0 Å². The Labute approximate surface area is 200 Å². The van der Waals surface area contributed by atoms with Crippen molar-refractivity contribution in [2.45, 2.75) is 44.0 Å². The van der Waals surface area contributed by atoms with Crippen molar-refractivity contribution in [1.29, 1.82) is 0 Å². The van der Waals surface area contributed by atoms with Crippen molar-refractivity contribution in [3.63, 3.8) is 0 Å². The number of methoxy groups -OCH3 is 1. The molecular weight excluding hydrogens is 517 g/mol. The first kappa shape index (κ1) is 24.0. The molecule has 2 unspecified atom stereocenters. The van der Waals surface area contributed by atoms with Crippen LogP contribution in [-0.2, 0) is 29.0 Å². The summed E-state index contributed by atoms with van der Waals surface area (Å²) in [6.45, 7) is 5.91. The number of ether oxygens (including phenoxy) is 2. The van der Waals surface area contributed by atoms with E-state index in [-0.39, 0.29) is 29.5 Å². The van der Waals surface area contributed by atoms with E-state index in [2.05, 4.69) is 42.4 Å². The van der Waals surface area contributed by atoms with Crippen LogP contribution in [0.15, 0.2) is 4.99 Å². The average molecular weight is 551 g/mol. The largest absolute Gasteiger partial charge is 0.379 e. The Morgan fingerprint density at radius 1 is 1.40 bits per heavy atom. The first-order valence-electron chi connectivity index (χ1n) is 10.5. The van der Waals surface area contributed by atoms with Gasteiger partial charge in [0.1, 0.15) is 12.4 Å². The Morgan fingerprint density at radius 2 is 2.23 bits per heavy atom. The Hall–Kier alpha value is -0.630. The second-order valence-corrected chi connectivity index (χ2v) is 9.10. The minimum absolute atomic E-state index is 0. The molecule has 0 amide bonds. The van der Waals surface area contributed by atoms with Gasteiger partial charge in [0.2, 0.25) is 0 Å². The molecule has 0 aromatic carbocycles. The standard InChI is InChI=1S/C19H33N7O2S.HI/c1-20-18(21-13-19(5-10-29-14-19)25-6-8-28-9-7-25)22-15-3-4-17-23-16(12-27-2)24-26(17)11-15;/h15H,3-14H2,1-2H3,(H2,20,21,22);1H. The van der Waals surface area contributed by atoms with Crippen LogP contribution in [0.25, 0.3) is 0 Å². The Balaban J connectivity index is 0.00000256. The van der Waals surface area contributed by atoms with E-state index in [1.54, 1.807) is 7.11 Å². The third-order valence-electron chi connectivity index (χ3n) is 6.09. The smallest absolute Gasteiger partial charge is 0.191 e. The van der Waals surface area contributed by atoms with Crippen molar-refractivity contribution in [3.8, 4) is 0 Å². The maximum atomic E-state index is 5.57. The summed E-state index contributed by atoms with van der Waals surface area (Å²) in [6, 6.07) is 0.295. The quantitative estimate of drug-likeness (QED) is 0.304. The van der Waals surface area contributed by atoms with Crippen molar-refractivity contribution in [2.75, 3.05) is 58.5 Å². The Kier molecular flexibility index (Phi) is 9.05. The van der Waals surface area contributed by atoms with E-state index in [4.69, 9.17) is 9.47 Å². The number of fused-ring (bicyclic) bond motifs is 1. The molecule has 3 aliphatic rings. The summed E-state index contributed by atoms with van der Waals surface area (Å²) in [7, 11) is 3.52. The zero-order valence-electron chi connectivity index (χ0n) is 17.9. The molecule has 0 radical (unpaired) electrons. The highest BCUT2D eigenvalue weighted by molar-refractivity contribution is 14.0. The molecule has 2 fully saturated rings. The van der Waals surface area contributed by atoms with Crippen LogP contribution in [0.5, 0.6) is 0 Å². The first-order chi connectivity index (χ1) is 14.2. The van der Waals surface area contributed by atoms with Gasteiger partial charge in [-0.05, 0) is 18.6 Å². The van der Waals surface area contributed by atoms with E-state index in [1.165, 1.54) is 17.9 Å². The number of aryl methyl sites for hydroxylation is 1. The molecule has 4 heterocycles. The van der Waals surface area contributed by atoms with Gasteiger partial charge >= 0.3 is 0 Å². The number of hydrogen-bond acceptors (Lipinski definition) is 7. The lowest BCUT2D eigenvalue weighted by Gasteiger charge is -2.43. The fourth-order valence-electron chi connectivity index (χ4n) is 4.44. The fraction of sp³-hybridized carbons (Fsp3) is 0.842. The van der Waals surface area contributed by atoms with Crippen LogP contribution < -0.4 is 10.6 Å². The minimum Gasteiger partial charge on any atom is -0.379 e. The number of halogens is 1. The molecule has 1 aromatic heterocycles. The van der Waals surface area contributed by atoms with Gasteiger partial charge < -0.3 is 20.1 Å². The second-order valence-electron chi connectivity index (χ2n) is 7.99. The zero-order valence-corrected chi connectivity index (χ0v) is 21.1. The molecule has 0 spiro atoms. The summed E-state index contributed by atoms with van der Waals surface area (Å²) in [4.78, 5) is 11.7. The average Bonchev–Trinajstić information content (AvgIpc) is 3.39. The van der Waals surface area contributed by atoms with E-state index < -0.39 is 0 Å². The van der Waals surface area contributed by atoms with Crippen molar-refractivity contribution in [2.24, 2.45) is 4.99 Å². The van der Waals surface area contributed by atoms with E-state index >= 15 is 0 Å². The summed E-state index contributed by atoms with van der Waals surface area (Å²) >= 11 is 2.06. The van der Waals surface area contributed by atoms with Crippen molar-refractivity contribution in [3.05, 3.63) is 11.6 Å². The number of morpholine rings is 1. The molecule has 0 saturated carbocycles. The number of nitrogens with one attached hydrogen (secondary N) is 2. The highest BCUT2D eigenvalue weighted by atomic mass is 127. The predicted molar refractivity (Wildman–Crippen MR) is 130 cm³/mol. The molecule has 2 atom stereocenters. The maximum absolute atomic E-state index is 5.57. The molecule has 30 heavy (non-hydrogen) atoms. The van der Waals surface area contributed by atoms with Gasteiger partial charge in [-0.3, -0.25) is 9.89 Å². The van der Waals surface area contributed by atoms with Crippen molar-refractivity contribution >= 4 is 41.7 Å². The molecule has 3 aliphatic heterocycles. The summed E-state index contributed by atoms with van der Waals surface area (Å²) in [5, 5.41) is 11.8. The molecule has 9 nitrogen and oxygen atoms in total. The van der Waals surface area contributed by atoms with Crippen LogP contribution in [0.1, 0.15) is 24.5 Å². The molecular formula is C19H34IN7O2S. The van der Waals surface area contributed by atoms with Crippen LogP contribution in [0.3, 0.4) is 0 Å². The molecule has 0 bridgehead atoms. The van der Waals surface area contributed by atoms with E-state index in [0.29, 0.717) is 12.6 Å². The first-order valence-corrected chi connectivity index (χ1v) is 11.7. The van der Waals surface area contributed by atoms with E-state index in [1.807, 2.05) is 11.7 Å². The number of nitrogens with zero attached hydrogens (tertiary/aromatic N) is 5. The molecule has 170 valence electrons. The zero-order chi connectivity index (χ0) is 20.1. The topological polar surface area (TPSA) is 88.8 Å². The molecule has 1 aromatic rings. The maximum Gasteiger partial charge on any atom is 0.191 e. The summed E-state index contributed by atoms with van der Waals surface area (Å²) in [5.74, 6) is 5.08. The van der Waals surface area contributed by atoms with Gasteiger partial charge in [0.15, 0.2) is 11.8 Å². The second kappa shape index (κ2) is 11.3. The van der Waals surface area contributed by atoms with Crippen LogP contribution >= 0.6 is 35.7 Å². The lowest BCUT2D eigenvalue weighted by Crippen LogP contribution is -2.60. The summed E-state index contributed by atoms with van der Waals surface area (Å²) in [5.41, 5.74) is 0.201. The highest BCUT2D eigenvalue weighted by Crippen LogP contribution is 2.33. The fourth-order valence-corrected chi connectivity index (χ4v) is 5.92. The van der Waals surface area contributed by atoms with E-state index in [0.717, 1.165) is 69.8 Å². The SMILES string of the molecule is CN=C(NCC1(N2CCOCC2)CCSC1)NC1CCc2nc(COC)nn2C1.I. The van der Waals surface area contributed by atoms with Gasteiger partial charge in [0.25, 0.3) is 0 Å². The highest BCUT2D eigenvalue weighted by Gasteiger charge is 2.40. The van der Waals surface area contributed by atoms with Gasteiger partial charge in [0, 0.05) is 57.5 Å². The number of thioether (sulfide) groups is 1. The normalized spacial score (nSPS) is 27.4. The molecule has 2 N–H and O–H groups in total. The lowest BCUT2D eigenvalue weighted by molar-refractivity contribution is -0.0120. The Bertz CT molecular complexity index is 705. The number of hydrogen-bond donors (Lipinski definition) is 2. The number of aliphatic imine (C=N–C) groups is 1. The van der Waals surface area contributed by atoms with Gasteiger partial charge in [0.05, 0.1) is 19.8 Å².